The molecule has 3 amide bonds. The van der Waals surface area contributed by atoms with Crippen molar-refractivity contribution in [1.82, 2.24) is 20.5 Å². The van der Waals surface area contributed by atoms with Gasteiger partial charge in [0.1, 0.15) is 11.9 Å². The Hall–Kier alpha value is -3.46. The second-order valence-electron chi connectivity index (χ2n) is 6.94. The number of rotatable bonds is 5. The van der Waals surface area contributed by atoms with E-state index in [0.29, 0.717) is 5.69 Å². The lowest BCUT2D eigenvalue weighted by atomic mass is 9.96. The molecule has 2 unspecified atom stereocenters. The average molecular weight is 412 g/mol. The normalized spacial score (nSPS) is 17.1. The molecule has 3 rings (SSSR count). The van der Waals surface area contributed by atoms with Crippen molar-refractivity contribution in [2.24, 2.45) is 0 Å². The van der Waals surface area contributed by atoms with Gasteiger partial charge in [0.05, 0.1) is 13.2 Å². The van der Waals surface area contributed by atoms with Gasteiger partial charge in [-0.1, -0.05) is 37.3 Å². The fraction of sp³-hybridized carbons (Fsp3) is 0.333. The maximum atomic E-state index is 12.8. The van der Waals surface area contributed by atoms with Gasteiger partial charge >= 0.3 is 6.09 Å². The predicted molar refractivity (Wildman–Crippen MR) is 108 cm³/mol. The molecule has 0 bridgehead atoms. The summed E-state index contributed by atoms with van der Waals surface area (Å²) in [5.74, 6) is -1.02. The molecule has 2 aromatic rings. The third-order valence-electron chi connectivity index (χ3n) is 4.94. The number of carbonyl (C=O) groups excluding carboxylic acids is 2. The van der Waals surface area contributed by atoms with Crippen molar-refractivity contribution in [3.8, 4) is 0 Å². The summed E-state index contributed by atoms with van der Waals surface area (Å²) >= 11 is 0. The molecule has 3 N–H and O–H groups in total. The Morgan fingerprint density at radius 3 is 2.60 bits per heavy atom. The van der Waals surface area contributed by atoms with Crippen LogP contribution in [0.5, 0.6) is 0 Å². The Morgan fingerprint density at radius 2 is 1.93 bits per heavy atom. The van der Waals surface area contributed by atoms with Crippen LogP contribution in [0.3, 0.4) is 0 Å². The van der Waals surface area contributed by atoms with Crippen molar-refractivity contribution in [2.75, 3.05) is 26.7 Å². The number of hydrogen-bond donors (Lipinski definition) is 3. The number of aromatic nitrogens is 1. The lowest BCUT2D eigenvalue weighted by molar-refractivity contribution is -0.0346. The lowest BCUT2D eigenvalue weighted by Crippen LogP contribution is -2.52. The van der Waals surface area contributed by atoms with Crippen molar-refractivity contribution in [3.63, 3.8) is 0 Å². The van der Waals surface area contributed by atoms with Gasteiger partial charge < -0.3 is 25.4 Å². The molecule has 0 aliphatic carbocycles. The highest BCUT2D eigenvalue weighted by atomic mass is 16.5. The predicted octanol–water partition coefficient (Wildman–Crippen LogP) is 1.66. The van der Waals surface area contributed by atoms with Crippen LogP contribution in [0.2, 0.25) is 0 Å². The highest BCUT2D eigenvalue weighted by Gasteiger charge is 2.26. The first-order valence-corrected chi connectivity index (χ1v) is 9.58. The fourth-order valence-corrected chi connectivity index (χ4v) is 3.20. The van der Waals surface area contributed by atoms with E-state index in [1.54, 1.807) is 6.07 Å². The van der Waals surface area contributed by atoms with E-state index in [0.717, 1.165) is 5.56 Å². The zero-order valence-corrected chi connectivity index (χ0v) is 16.8. The molecule has 2 heterocycles. The molecule has 158 valence electrons. The Labute approximate surface area is 174 Å². The molecule has 9 nitrogen and oxygen atoms in total. The highest BCUT2D eigenvalue weighted by molar-refractivity contribution is 5.98. The topological polar surface area (TPSA) is 121 Å². The van der Waals surface area contributed by atoms with E-state index in [1.807, 2.05) is 37.3 Å². The van der Waals surface area contributed by atoms with E-state index in [4.69, 9.17) is 9.84 Å². The zero-order valence-electron chi connectivity index (χ0n) is 16.8. The molecule has 30 heavy (non-hydrogen) atoms. The van der Waals surface area contributed by atoms with E-state index >= 15 is 0 Å². The van der Waals surface area contributed by atoms with Gasteiger partial charge in [-0.05, 0) is 17.7 Å². The van der Waals surface area contributed by atoms with Crippen LogP contribution < -0.4 is 10.6 Å². The van der Waals surface area contributed by atoms with Crippen LogP contribution in [0.1, 0.15) is 44.9 Å². The van der Waals surface area contributed by atoms with Gasteiger partial charge in [-0.3, -0.25) is 9.59 Å². The maximum absolute atomic E-state index is 12.8. The Morgan fingerprint density at radius 1 is 1.20 bits per heavy atom. The Balaban J connectivity index is 1.86. The SMILES string of the molecule is CNC(=O)c1cc(C(=O)NC2CN(C(=O)O)CCO2)cc(C(C)c2ccccc2)n1. The number of nitrogens with zero attached hydrogens (tertiary/aromatic N) is 2. The summed E-state index contributed by atoms with van der Waals surface area (Å²) in [5.41, 5.74) is 1.94. The molecule has 0 spiro atoms. The van der Waals surface area contributed by atoms with Crippen molar-refractivity contribution >= 4 is 17.9 Å². The second-order valence-corrected chi connectivity index (χ2v) is 6.94. The summed E-state index contributed by atoms with van der Waals surface area (Å²) in [4.78, 5) is 41.8. The minimum Gasteiger partial charge on any atom is -0.465 e. The number of pyridine rings is 1. The summed E-state index contributed by atoms with van der Waals surface area (Å²) in [6.07, 6.45) is -1.84. The minimum atomic E-state index is -1.07. The van der Waals surface area contributed by atoms with Crippen molar-refractivity contribution in [1.29, 1.82) is 0 Å². The molecule has 1 aromatic heterocycles. The largest absolute Gasteiger partial charge is 0.465 e. The first kappa shape index (κ1) is 21.3. The molecular formula is C21H24N4O5. The number of benzene rings is 1. The van der Waals surface area contributed by atoms with Crippen LogP contribution in [-0.4, -0.2) is 65.9 Å². The third-order valence-corrected chi connectivity index (χ3v) is 4.94. The van der Waals surface area contributed by atoms with Crippen molar-refractivity contribution in [2.45, 2.75) is 19.1 Å². The summed E-state index contributed by atoms with van der Waals surface area (Å²) in [6.45, 7) is 2.41. The van der Waals surface area contributed by atoms with Gasteiger partial charge in [-0.15, -0.1) is 0 Å². The van der Waals surface area contributed by atoms with E-state index in [-0.39, 0.29) is 36.9 Å². The molecule has 1 fully saturated rings. The fourth-order valence-electron chi connectivity index (χ4n) is 3.20. The average Bonchev–Trinajstić information content (AvgIpc) is 2.78. The molecule has 1 aliphatic rings. The van der Waals surface area contributed by atoms with E-state index in [1.165, 1.54) is 18.0 Å². The zero-order chi connectivity index (χ0) is 21.7. The number of carboxylic acid groups (broad SMARTS) is 1. The number of ether oxygens (including phenoxy) is 1. The van der Waals surface area contributed by atoms with Crippen LogP contribution in [0.15, 0.2) is 42.5 Å². The number of morpholine rings is 1. The summed E-state index contributed by atoms with van der Waals surface area (Å²) in [5, 5.41) is 14.4. The number of hydrogen-bond acceptors (Lipinski definition) is 5. The number of nitrogens with one attached hydrogen (secondary N) is 2. The molecule has 0 saturated carbocycles. The van der Waals surface area contributed by atoms with Gasteiger partial charge in [-0.2, -0.15) is 0 Å². The highest BCUT2D eigenvalue weighted by Crippen LogP contribution is 2.24. The summed E-state index contributed by atoms with van der Waals surface area (Å²) in [7, 11) is 1.49. The molecule has 2 atom stereocenters. The lowest BCUT2D eigenvalue weighted by Gasteiger charge is -2.31. The molecular weight excluding hydrogens is 388 g/mol. The summed E-state index contributed by atoms with van der Waals surface area (Å²) in [6, 6.07) is 12.7. The molecule has 1 aromatic carbocycles. The molecule has 0 radical (unpaired) electrons. The van der Waals surface area contributed by atoms with Gasteiger partial charge in [0.15, 0.2) is 0 Å². The van der Waals surface area contributed by atoms with Crippen LogP contribution in [0.25, 0.3) is 0 Å². The molecule has 1 aliphatic heterocycles. The van der Waals surface area contributed by atoms with Gasteiger partial charge in [0, 0.05) is 30.8 Å². The quantitative estimate of drug-likeness (QED) is 0.687. The maximum Gasteiger partial charge on any atom is 0.407 e. The summed E-state index contributed by atoms with van der Waals surface area (Å²) < 4.78 is 5.46. The Kier molecular flexibility index (Phi) is 6.63. The standard InChI is InChI=1S/C21H24N4O5/c1-13(14-6-4-3-5-7-14)16-10-15(11-17(23-16)20(27)22-2)19(26)24-18-12-25(21(28)29)8-9-30-18/h3-7,10-11,13,18H,8-9,12H2,1-2H3,(H,22,27)(H,24,26)(H,28,29). The van der Waals surface area contributed by atoms with E-state index in [9.17, 15) is 14.4 Å². The van der Waals surface area contributed by atoms with Crippen molar-refractivity contribution in [3.05, 3.63) is 65.0 Å². The third kappa shape index (κ3) is 4.93. The second kappa shape index (κ2) is 9.36. The van der Waals surface area contributed by atoms with E-state index in [2.05, 4.69) is 15.6 Å². The van der Waals surface area contributed by atoms with Crippen LogP contribution in [-0.2, 0) is 4.74 Å². The Bertz CT molecular complexity index is 934. The van der Waals surface area contributed by atoms with Crippen molar-refractivity contribution < 1.29 is 24.2 Å². The van der Waals surface area contributed by atoms with Gasteiger partial charge in [0.25, 0.3) is 11.8 Å². The monoisotopic (exact) mass is 412 g/mol. The molecule has 1 saturated heterocycles. The first-order chi connectivity index (χ1) is 14.4. The number of carbonyl (C=O) groups is 3. The van der Waals surface area contributed by atoms with Gasteiger partial charge in [-0.25, -0.2) is 9.78 Å². The van der Waals surface area contributed by atoms with E-state index < -0.39 is 24.1 Å². The van der Waals surface area contributed by atoms with Crippen LogP contribution >= 0.6 is 0 Å². The minimum absolute atomic E-state index is 0.0295. The van der Waals surface area contributed by atoms with Gasteiger partial charge in [0.2, 0.25) is 0 Å². The molecule has 9 heteroatoms. The number of amides is 3. The van der Waals surface area contributed by atoms with Crippen LogP contribution in [0, 0.1) is 0 Å². The first-order valence-electron chi connectivity index (χ1n) is 9.58. The smallest absolute Gasteiger partial charge is 0.407 e. The van der Waals surface area contributed by atoms with Crippen LogP contribution in [0.4, 0.5) is 4.79 Å².